The third-order valence-corrected chi connectivity index (χ3v) is 2.08. The fourth-order valence-electron chi connectivity index (χ4n) is 1.42. The van der Waals surface area contributed by atoms with Gasteiger partial charge in [0.15, 0.2) is 6.04 Å². The first-order valence-electron chi connectivity index (χ1n) is 5.37. The summed E-state index contributed by atoms with van der Waals surface area (Å²) >= 11 is 0. The molecular formula is C12H17NO4. The summed E-state index contributed by atoms with van der Waals surface area (Å²) in [5.74, 6) is -1.09. The standard InChI is InChI=1S/C12H17NO4/c1-12(2,3)17-11(16)13-9(10(14)15)8-6-4-5-7-8/h4-6,9H,7H2,1-3H3,(H,13,16)(H,14,15). The van der Waals surface area contributed by atoms with E-state index in [1.807, 2.05) is 6.08 Å². The summed E-state index contributed by atoms with van der Waals surface area (Å²) in [6, 6.07) is -1.03. The maximum Gasteiger partial charge on any atom is 0.408 e. The molecule has 0 aromatic carbocycles. The van der Waals surface area contributed by atoms with Crippen LogP contribution in [0.25, 0.3) is 0 Å². The normalized spacial score (nSPS) is 16.3. The van der Waals surface area contributed by atoms with Gasteiger partial charge in [-0.2, -0.15) is 0 Å². The number of nitrogens with one attached hydrogen (secondary N) is 1. The van der Waals surface area contributed by atoms with Crippen molar-refractivity contribution in [2.75, 3.05) is 0 Å². The van der Waals surface area contributed by atoms with E-state index in [9.17, 15) is 9.59 Å². The van der Waals surface area contributed by atoms with Gasteiger partial charge in [0, 0.05) is 0 Å². The Morgan fingerprint density at radius 3 is 2.53 bits per heavy atom. The Hall–Kier alpha value is -1.78. The zero-order valence-corrected chi connectivity index (χ0v) is 10.2. The number of rotatable bonds is 3. The maximum absolute atomic E-state index is 11.5. The van der Waals surface area contributed by atoms with Crippen LogP contribution in [0.1, 0.15) is 27.2 Å². The molecule has 94 valence electrons. The Kier molecular flexibility index (Phi) is 3.93. The van der Waals surface area contributed by atoms with E-state index in [1.165, 1.54) is 0 Å². The Bertz CT molecular complexity index is 376. The zero-order chi connectivity index (χ0) is 13.1. The van der Waals surface area contributed by atoms with Gasteiger partial charge in [-0.3, -0.25) is 0 Å². The van der Waals surface area contributed by atoms with E-state index in [4.69, 9.17) is 9.84 Å². The Morgan fingerprint density at radius 1 is 1.47 bits per heavy atom. The van der Waals surface area contributed by atoms with Gasteiger partial charge in [0.05, 0.1) is 0 Å². The molecule has 0 saturated carbocycles. The largest absolute Gasteiger partial charge is 0.479 e. The predicted molar refractivity (Wildman–Crippen MR) is 62.6 cm³/mol. The van der Waals surface area contributed by atoms with E-state index in [2.05, 4.69) is 5.32 Å². The van der Waals surface area contributed by atoms with Crippen LogP contribution < -0.4 is 5.32 Å². The van der Waals surface area contributed by atoms with Gasteiger partial charge < -0.3 is 15.2 Å². The highest BCUT2D eigenvalue weighted by atomic mass is 16.6. The zero-order valence-electron chi connectivity index (χ0n) is 10.2. The van der Waals surface area contributed by atoms with E-state index < -0.39 is 23.7 Å². The van der Waals surface area contributed by atoms with Crippen LogP contribution in [0.5, 0.6) is 0 Å². The molecule has 1 aliphatic carbocycles. The molecule has 0 aromatic rings. The third kappa shape index (κ3) is 4.30. The van der Waals surface area contributed by atoms with Gasteiger partial charge in [0.1, 0.15) is 5.60 Å². The number of carboxylic acid groups (broad SMARTS) is 1. The summed E-state index contributed by atoms with van der Waals surface area (Å²) in [5.41, 5.74) is -0.00141. The minimum absolute atomic E-state index is 0.534. The molecule has 0 heterocycles. The minimum atomic E-state index is -1.09. The molecule has 1 amide bonds. The molecule has 1 rings (SSSR count). The Balaban J connectivity index is 2.62. The molecule has 0 radical (unpaired) electrons. The third-order valence-electron chi connectivity index (χ3n) is 2.08. The first-order chi connectivity index (χ1) is 7.79. The monoisotopic (exact) mass is 239 g/mol. The van der Waals surface area contributed by atoms with Crippen LogP contribution in [0, 0.1) is 0 Å². The van der Waals surface area contributed by atoms with Crippen molar-refractivity contribution in [2.45, 2.75) is 38.8 Å². The molecule has 0 saturated heterocycles. The second-order valence-corrected chi connectivity index (χ2v) is 4.79. The first-order valence-corrected chi connectivity index (χ1v) is 5.37. The molecule has 0 spiro atoms. The number of amides is 1. The van der Waals surface area contributed by atoms with E-state index >= 15 is 0 Å². The van der Waals surface area contributed by atoms with Gasteiger partial charge in [0.25, 0.3) is 0 Å². The van der Waals surface area contributed by atoms with Gasteiger partial charge in [0.2, 0.25) is 0 Å². The molecular weight excluding hydrogens is 222 g/mol. The Morgan fingerprint density at radius 2 is 2.12 bits per heavy atom. The molecule has 2 N–H and O–H groups in total. The van der Waals surface area contributed by atoms with Crippen molar-refractivity contribution in [2.24, 2.45) is 0 Å². The minimum Gasteiger partial charge on any atom is -0.479 e. The summed E-state index contributed by atoms with van der Waals surface area (Å²) in [4.78, 5) is 22.5. The van der Waals surface area contributed by atoms with Crippen molar-refractivity contribution in [3.05, 3.63) is 23.8 Å². The maximum atomic E-state index is 11.5. The molecule has 1 aliphatic rings. The molecule has 5 nitrogen and oxygen atoms in total. The first kappa shape index (κ1) is 13.3. The highest BCUT2D eigenvalue weighted by molar-refractivity contribution is 5.83. The van der Waals surface area contributed by atoms with Crippen molar-refractivity contribution in [1.82, 2.24) is 5.32 Å². The van der Waals surface area contributed by atoms with Crippen LogP contribution in [0.15, 0.2) is 23.8 Å². The second kappa shape index (κ2) is 5.03. The summed E-state index contributed by atoms with van der Waals surface area (Å²) < 4.78 is 5.02. The summed E-state index contributed by atoms with van der Waals surface area (Å²) in [7, 11) is 0. The number of allylic oxidation sites excluding steroid dienone is 3. The average molecular weight is 239 g/mol. The van der Waals surface area contributed by atoms with Crippen LogP contribution >= 0.6 is 0 Å². The number of hydrogen-bond donors (Lipinski definition) is 2. The number of carbonyl (C=O) groups excluding carboxylic acids is 1. The van der Waals surface area contributed by atoms with E-state index in [1.54, 1.807) is 32.9 Å². The SMILES string of the molecule is CC(C)(C)OC(=O)NC(C(=O)O)C1=CC=CC1. The summed E-state index contributed by atoms with van der Waals surface area (Å²) in [6.45, 7) is 5.16. The molecule has 0 aromatic heterocycles. The molecule has 0 bridgehead atoms. The van der Waals surface area contributed by atoms with Gasteiger partial charge in [-0.25, -0.2) is 9.59 Å². The molecule has 1 atom stereocenters. The highest BCUT2D eigenvalue weighted by Gasteiger charge is 2.27. The number of ether oxygens (including phenoxy) is 1. The fourth-order valence-corrected chi connectivity index (χ4v) is 1.42. The van der Waals surface area contributed by atoms with E-state index in [0.29, 0.717) is 12.0 Å². The topological polar surface area (TPSA) is 75.6 Å². The number of hydrogen-bond acceptors (Lipinski definition) is 3. The lowest BCUT2D eigenvalue weighted by Gasteiger charge is -2.22. The van der Waals surface area contributed by atoms with Gasteiger partial charge in [-0.15, -0.1) is 0 Å². The van der Waals surface area contributed by atoms with Gasteiger partial charge in [-0.05, 0) is 32.8 Å². The van der Waals surface area contributed by atoms with Crippen LogP contribution in [0.3, 0.4) is 0 Å². The van der Waals surface area contributed by atoms with Crippen LogP contribution in [0.4, 0.5) is 4.79 Å². The van der Waals surface area contributed by atoms with Crippen LogP contribution in [0.2, 0.25) is 0 Å². The quantitative estimate of drug-likeness (QED) is 0.788. The summed E-state index contributed by atoms with van der Waals surface area (Å²) in [6.07, 6.45) is 5.10. The predicted octanol–water partition coefficient (Wildman–Crippen LogP) is 1.85. The van der Waals surface area contributed by atoms with Crippen molar-refractivity contribution in [3.8, 4) is 0 Å². The highest BCUT2D eigenvalue weighted by Crippen LogP contribution is 2.16. The number of aliphatic carboxylic acids is 1. The molecule has 0 fully saturated rings. The van der Waals surface area contributed by atoms with Crippen molar-refractivity contribution >= 4 is 12.1 Å². The average Bonchev–Trinajstić information content (AvgIpc) is 2.63. The smallest absolute Gasteiger partial charge is 0.408 e. The second-order valence-electron chi connectivity index (χ2n) is 4.79. The van der Waals surface area contributed by atoms with Crippen molar-refractivity contribution < 1.29 is 19.4 Å². The molecule has 1 unspecified atom stereocenters. The van der Waals surface area contributed by atoms with Crippen molar-refractivity contribution in [3.63, 3.8) is 0 Å². The lowest BCUT2D eigenvalue weighted by molar-refractivity contribution is -0.138. The lowest BCUT2D eigenvalue weighted by Crippen LogP contribution is -2.44. The van der Waals surface area contributed by atoms with Gasteiger partial charge >= 0.3 is 12.1 Å². The number of alkyl carbamates (subject to hydrolysis) is 1. The summed E-state index contributed by atoms with van der Waals surface area (Å²) in [5, 5.41) is 11.4. The number of carbonyl (C=O) groups is 2. The number of carboxylic acids is 1. The van der Waals surface area contributed by atoms with E-state index in [0.717, 1.165) is 0 Å². The van der Waals surface area contributed by atoms with Crippen molar-refractivity contribution in [1.29, 1.82) is 0 Å². The molecule has 0 aliphatic heterocycles. The van der Waals surface area contributed by atoms with E-state index in [-0.39, 0.29) is 0 Å². The molecule has 5 heteroatoms. The fraction of sp³-hybridized carbons (Fsp3) is 0.500. The Labute approximate surface area is 100 Å². The lowest BCUT2D eigenvalue weighted by atomic mass is 10.1. The van der Waals surface area contributed by atoms with Crippen LogP contribution in [-0.4, -0.2) is 28.8 Å². The van der Waals surface area contributed by atoms with Crippen LogP contribution in [-0.2, 0) is 9.53 Å². The van der Waals surface area contributed by atoms with Gasteiger partial charge in [-0.1, -0.05) is 18.2 Å². The molecule has 17 heavy (non-hydrogen) atoms.